The monoisotopic (exact) mass is 233 g/mol. The van der Waals surface area contributed by atoms with Crippen LogP contribution in [0.2, 0.25) is 0 Å². The first-order chi connectivity index (χ1) is 6.86. The molecule has 0 bridgehead atoms. The average molecular weight is 233 g/mol. The van der Waals surface area contributed by atoms with Gasteiger partial charge in [0.15, 0.2) is 9.84 Å². The molecule has 1 aromatic rings. The van der Waals surface area contributed by atoms with Crippen LogP contribution in [-0.4, -0.2) is 26.4 Å². The number of hydrogen-bond donors (Lipinski definition) is 2. The first-order valence-electron chi connectivity index (χ1n) is 4.22. The highest BCUT2D eigenvalue weighted by atomic mass is 32.2. The Kier molecular flexibility index (Phi) is 3.43. The van der Waals surface area contributed by atoms with Gasteiger partial charge in [-0.25, -0.2) is 12.8 Å². The summed E-state index contributed by atoms with van der Waals surface area (Å²) in [6.07, 6.45) is 1.01. The van der Waals surface area contributed by atoms with Crippen molar-refractivity contribution in [2.45, 2.75) is 10.9 Å². The van der Waals surface area contributed by atoms with Crippen LogP contribution in [0.25, 0.3) is 0 Å². The van der Waals surface area contributed by atoms with Gasteiger partial charge in [-0.15, -0.1) is 0 Å². The minimum absolute atomic E-state index is 0.0505. The predicted molar refractivity (Wildman–Crippen MR) is 53.5 cm³/mol. The molecule has 0 fully saturated rings. The van der Waals surface area contributed by atoms with Crippen LogP contribution in [-0.2, 0) is 9.84 Å². The molecular weight excluding hydrogens is 221 g/mol. The predicted octanol–water partition coefficient (Wildman–Crippen LogP) is 0.221. The van der Waals surface area contributed by atoms with Gasteiger partial charge in [0.1, 0.15) is 5.82 Å². The number of benzene rings is 1. The summed E-state index contributed by atoms with van der Waals surface area (Å²) in [5.41, 5.74) is 5.58. The third-order valence-electron chi connectivity index (χ3n) is 1.97. The number of hydrogen-bond acceptors (Lipinski definition) is 4. The lowest BCUT2D eigenvalue weighted by molar-refractivity contribution is 0.266. The number of nitrogens with two attached hydrogens (primary N) is 1. The molecule has 15 heavy (non-hydrogen) atoms. The summed E-state index contributed by atoms with van der Waals surface area (Å²) < 4.78 is 35.6. The highest BCUT2D eigenvalue weighted by Crippen LogP contribution is 2.21. The fraction of sp³-hybridized carbons (Fsp3) is 0.333. The van der Waals surface area contributed by atoms with E-state index in [1.165, 1.54) is 0 Å². The van der Waals surface area contributed by atoms with E-state index in [2.05, 4.69) is 0 Å². The van der Waals surface area contributed by atoms with Crippen LogP contribution >= 0.6 is 0 Å². The molecule has 0 spiro atoms. The number of rotatable bonds is 3. The van der Waals surface area contributed by atoms with Crippen molar-refractivity contribution >= 4 is 9.84 Å². The number of aliphatic hydroxyl groups excluding tert-OH is 1. The third kappa shape index (κ3) is 2.74. The standard InChI is InChI=1S/C9H12FNO3S/c1-15(13,14)9-3-2-6(10)4-7(9)8(11)5-12/h2-4,8,12H,5,11H2,1H3/t8-/m0/s1. The van der Waals surface area contributed by atoms with Crippen LogP contribution in [0.5, 0.6) is 0 Å². The summed E-state index contributed by atoms with van der Waals surface area (Å²) in [5.74, 6) is -0.582. The average Bonchev–Trinajstić information content (AvgIpc) is 2.14. The molecule has 0 heterocycles. The number of sulfone groups is 1. The molecule has 1 aromatic carbocycles. The lowest BCUT2D eigenvalue weighted by atomic mass is 10.1. The van der Waals surface area contributed by atoms with Crippen molar-refractivity contribution in [2.75, 3.05) is 12.9 Å². The van der Waals surface area contributed by atoms with Crippen molar-refractivity contribution in [1.82, 2.24) is 0 Å². The SMILES string of the molecule is CS(=O)(=O)c1ccc(F)cc1[C@@H](N)CO. The second-order valence-corrected chi connectivity index (χ2v) is 5.23. The maximum absolute atomic E-state index is 12.9. The van der Waals surface area contributed by atoms with E-state index in [-0.39, 0.29) is 10.5 Å². The maximum Gasteiger partial charge on any atom is 0.175 e. The molecule has 0 radical (unpaired) electrons. The topological polar surface area (TPSA) is 80.4 Å². The summed E-state index contributed by atoms with van der Waals surface area (Å²) in [5, 5.41) is 8.83. The molecule has 0 unspecified atom stereocenters. The van der Waals surface area contributed by atoms with Crippen LogP contribution in [0, 0.1) is 5.82 Å². The zero-order chi connectivity index (χ0) is 11.6. The molecule has 4 nitrogen and oxygen atoms in total. The molecule has 0 amide bonds. The van der Waals surface area contributed by atoms with Gasteiger partial charge in [-0.1, -0.05) is 0 Å². The van der Waals surface area contributed by atoms with E-state index in [0.717, 1.165) is 24.5 Å². The summed E-state index contributed by atoms with van der Waals surface area (Å²) in [6.45, 7) is -0.439. The largest absolute Gasteiger partial charge is 0.394 e. The highest BCUT2D eigenvalue weighted by molar-refractivity contribution is 7.90. The van der Waals surface area contributed by atoms with E-state index in [1.54, 1.807) is 0 Å². The third-order valence-corrected chi connectivity index (χ3v) is 3.14. The molecular formula is C9H12FNO3S. The van der Waals surface area contributed by atoms with Gasteiger partial charge >= 0.3 is 0 Å². The van der Waals surface area contributed by atoms with E-state index in [0.29, 0.717) is 0 Å². The normalized spacial score (nSPS) is 13.9. The Hall–Kier alpha value is -0.980. The summed E-state index contributed by atoms with van der Waals surface area (Å²) in [6, 6.07) is 2.32. The van der Waals surface area contributed by atoms with Crippen molar-refractivity contribution in [3.63, 3.8) is 0 Å². The van der Waals surface area contributed by atoms with E-state index in [9.17, 15) is 12.8 Å². The van der Waals surface area contributed by atoms with E-state index in [1.807, 2.05) is 0 Å². The highest BCUT2D eigenvalue weighted by Gasteiger charge is 2.18. The molecule has 0 saturated carbocycles. The van der Waals surface area contributed by atoms with E-state index < -0.39 is 28.3 Å². The molecule has 0 aromatic heterocycles. The lowest BCUT2D eigenvalue weighted by Crippen LogP contribution is -2.18. The minimum Gasteiger partial charge on any atom is -0.394 e. The Morgan fingerprint density at radius 3 is 2.60 bits per heavy atom. The molecule has 1 rings (SSSR count). The van der Waals surface area contributed by atoms with Crippen LogP contribution < -0.4 is 5.73 Å². The van der Waals surface area contributed by atoms with Crippen molar-refractivity contribution in [1.29, 1.82) is 0 Å². The fourth-order valence-electron chi connectivity index (χ4n) is 1.25. The molecule has 6 heteroatoms. The zero-order valence-electron chi connectivity index (χ0n) is 8.14. The van der Waals surface area contributed by atoms with Crippen LogP contribution in [0.4, 0.5) is 4.39 Å². The molecule has 84 valence electrons. The van der Waals surface area contributed by atoms with Crippen LogP contribution in [0.15, 0.2) is 23.1 Å². The van der Waals surface area contributed by atoms with Gasteiger partial charge in [-0.3, -0.25) is 0 Å². The minimum atomic E-state index is -3.46. The molecule has 3 N–H and O–H groups in total. The Bertz CT molecular complexity index is 458. The Labute approximate surface area is 87.5 Å². The van der Waals surface area contributed by atoms with Gasteiger partial charge in [0.2, 0.25) is 0 Å². The second-order valence-electron chi connectivity index (χ2n) is 3.24. The summed E-state index contributed by atoms with van der Waals surface area (Å²) in [7, 11) is -3.46. The first kappa shape index (κ1) is 12.1. The van der Waals surface area contributed by atoms with Gasteiger partial charge < -0.3 is 10.8 Å². The quantitative estimate of drug-likeness (QED) is 0.732. The van der Waals surface area contributed by atoms with Crippen LogP contribution in [0.1, 0.15) is 11.6 Å². The fourth-order valence-corrected chi connectivity index (χ4v) is 2.20. The first-order valence-corrected chi connectivity index (χ1v) is 6.11. The molecule has 1 atom stereocenters. The van der Waals surface area contributed by atoms with Gasteiger partial charge in [0.05, 0.1) is 17.5 Å². The molecule has 0 aliphatic rings. The Morgan fingerprint density at radius 2 is 2.13 bits per heavy atom. The van der Waals surface area contributed by atoms with E-state index >= 15 is 0 Å². The van der Waals surface area contributed by atoms with Gasteiger partial charge in [0, 0.05) is 6.26 Å². The smallest absolute Gasteiger partial charge is 0.175 e. The molecule has 0 aliphatic carbocycles. The van der Waals surface area contributed by atoms with Crippen molar-refractivity contribution in [3.8, 4) is 0 Å². The second kappa shape index (κ2) is 4.26. The Morgan fingerprint density at radius 1 is 1.53 bits per heavy atom. The summed E-state index contributed by atoms with van der Waals surface area (Å²) >= 11 is 0. The van der Waals surface area contributed by atoms with Crippen molar-refractivity contribution in [2.24, 2.45) is 5.73 Å². The maximum atomic E-state index is 12.9. The lowest BCUT2D eigenvalue weighted by Gasteiger charge is -2.13. The Balaban J connectivity index is 3.40. The van der Waals surface area contributed by atoms with Crippen molar-refractivity contribution in [3.05, 3.63) is 29.6 Å². The number of halogens is 1. The molecule has 0 aliphatic heterocycles. The number of aliphatic hydroxyl groups is 1. The molecule has 0 saturated heterocycles. The van der Waals surface area contributed by atoms with Crippen molar-refractivity contribution < 1.29 is 17.9 Å². The van der Waals surface area contributed by atoms with Gasteiger partial charge in [-0.2, -0.15) is 0 Å². The van der Waals surface area contributed by atoms with Crippen LogP contribution in [0.3, 0.4) is 0 Å². The van der Waals surface area contributed by atoms with E-state index in [4.69, 9.17) is 10.8 Å². The zero-order valence-corrected chi connectivity index (χ0v) is 8.96. The van der Waals surface area contributed by atoms with Gasteiger partial charge in [-0.05, 0) is 23.8 Å². The van der Waals surface area contributed by atoms with Gasteiger partial charge in [0.25, 0.3) is 0 Å². The summed E-state index contributed by atoms with van der Waals surface area (Å²) in [4.78, 5) is -0.0505.